The second-order valence-electron chi connectivity index (χ2n) is 4.91. The van der Waals surface area contributed by atoms with Gasteiger partial charge in [0, 0.05) is 17.7 Å². The third kappa shape index (κ3) is 3.26. The molecule has 0 spiro atoms. The Morgan fingerprint density at radius 2 is 1.83 bits per heavy atom. The molecule has 0 aliphatic rings. The van der Waals surface area contributed by atoms with Gasteiger partial charge in [0.05, 0.1) is 16.3 Å². The van der Waals surface area contributed by atoms with Crippen molar-refractivity contribution < 1.29 is 10.0 Å². The summed E-state index contributed by atoms with van der Waals surface area (Å²) in [5.74, 6) is 0.171. The van der Waals surface area contributed by atoms with Crippen LogP contribution in [0.4, 0.5) is 5.69 Å². The molecule has 23 heavy (non-hydrogen) atoms. The Hall–Kier alpha value is -3.41. The summed E-state index contributed by atoms with van der Waals surface area (Å²) >= 11 is 0. The Bertz CT molecular complexity index is 867. The van der Waals surface area contributed by atoms with Crippen LogP contribution in [0.3, 0.4) is 0 Å². The molecule has 0 bridgehead atoms. The molecule has 0 aliphatic carbocycles. The molecule has 0 atom stereocenters. The Kier molecular flexibility index (Phi) is 3.88. The number of hydrogen-bond acceptors (Lipinski definition) is 4. The Morgan fingerprint density at radius 1 is 1.09 bits per heavy atom. The van der Waals surface area contributed by atoms with Gasteiger partial charge in [-0.1, -0.05) is 18.2 Å². The number of H-pyrrole nitrogens is 1. The third-order valence-electron chi connectivity index (χ3n) is 3.34. The number of phenolic OH excluding ortho intramolecular Hbond substituents is 1. The van der Waals surface area contributed by atoms with Crippen molar-refractivity contribution >= 4 is 17.8 Å². The number of non-ortho nitro benzene ring substituents is 1. The molecule has 1 heterocycles. The molecule has 0 amide bonds. The third-order valence-corrected chi connectivity index (χ3v) is 3.34. The predicted octanol–water partition coefficient (Wildman–Crippen LogP) is 3.86. The first-order chi connectivity index (χ1) is 11.1. The number of rotatable bonds is 4. The summed E-state index contributed by atoms with van der Waals surface area (Å²) < 4.78 is 0. The number of aromatic nitrogens is 2. The van der Waals surface area contributed by atoms with E-state index < -0.39 is 4.92 Å². The molecule has 0 aliphatic heterocycles. The number of nitrogens with zero attached hydrogens (tertiary/aromatic N) is 2. The van der Waals surface area contributed by atoms with Gasteiger partial charge in [0.2, 0.25) is 0 Å². The van der Waals surface area contributed by atoms with Gasteiger partial charge in [-0.05, 0) is 42.0 Å². The fraction of sp³-hybridized carbons (Fsp3) is 0. The summed E-state index contributed by atoms with van der Waals surface area (Å²) in [7, 11) is 0. The zero-order valence-corrected chi connectivity index (χ0v) is 12.0. The first-order valence-corrected chi connectivity index (χ1v) is 6.90. The Balaban J connectivity index is 1.79. The van der Waals surface area contributed by atoms with E-state index in [-0.39, 0.29) is 11.4 Å². The maximum absolute atomic E-state index is 10.6. The van der Waals surface area contributed by atoms with Gasteiger partial charge in [-0.15, -0.1) is 0 Å². The molecule has 6 nitrogen and oxygen atoms in total. The van der Waals surface area contributed by atoms with Gasteiger partial charge in [-0.3, -0.25) is 15.2 Å². The number of phenols is 1. The van der Waals surface area contributed by atoms with Crippen LogP contribution in [0.2, 0.25) is 0 Å². The van der Waals surface area contributed by atoms with Crippen LogP contribution in [0.15, 0.2) is 54.6 Å². The van der Waals surface area contributed by atoms with Gasteiger partial charge in [0.25, 0.3) is 5.69 Å². The number of para-hydroxylation sites is 1. The largest absolute Gasteiger partial charge is 0.507 e. The van der Waals surface area contributed by atoms with Gasteiger partial charge >= 0.3 is 0 Å². The van der Waals surface area contributed by atoms with Crippen LogP contribution in [-0.4, -0.2) is 20.2 Å². The molecule has 2 N–H and O–H groups in total. The van der Waals surface area contributed by atoms with E-state index in [0.29, 0.717) is 11.3 Å². The number of nitro benzene ring substituents is 1. The van der Waals surface area contributed by atoms with Crippen molar-refractivity contribution in [2.45, 2.75) is 0 Å². The monoisotopic (exact) mass is 307 g/mol. The van der Waals surface area contributed by atoms with Gasteiger partial charge < -0.3 is 5.11 Å². The fourth-order valence-electron chi connectivity index (χ4n) is 2.14. The van der Waals surface area contributed by atoms with E-state index in [1.54, 1.807) is 30.3 Å². The molecular formula is C17H13N3O3. The minimum absolute atomic E-state index is 0.0607. The van der Waals surface area contributed by atoms with E-state index in [4.69, 9.17) is 0 Å². The Morgan fingerprint density at radius 3 is 2.52 bits per heavy atom. The van der Waals surface area contributed by atoms with E-state index >= 15 is 0 Å². The maximum atomic E-state index is 10.6. The zero-order valence-electron chi connectivity index (χ0n) is 12.0. The van der Waals surface area contributed by atoms with Gasteiger partial charge in [-0.2, -0.15) is 5.10 Å². The van der Waals surface area contributed by atoms with Crippen molar-refractivity contribution in [2.24, 2.45) is 0 Å². The highest BCUT2D eigenvalue weighted by atomic mass is 16.6. The number of benzene rings is 2. The summed E-state index contributed by atoms with van der Waals surface area (Å²) in [6, 6.07) is 15.1. The Labute approximate surface area is 131 Å². The second kappa shape index (κ2) is 6.15. The van der Waals surface area contributed by atoms with Crippen molar-refractivity contribution in [3.05, 3.63) is 76.0 Å². The van der Waals surface area contributed by atoms with Crippen LogP contribution in [0.25, 0.3) is 23.4 Å². The molecule has 0 saturated carbocycles. The molecular weight excluding hydrogens is 294 g/mol. The summed E-state index contributed by atoms with van der Waals surface area (Å²) in [5.41, 5.74) is 2.96. The smallest absolute Gasteiger partial charge is 0.269 e. The van der Waals surface area contributed by atoms with Gasteiger partial charge in [-0.25, -0.2) is 0 Å². The quantitative estimate of drug-likeness (QED) is 0.565. The molecule has 6 heteroatoms. The first kappa shape index (κ1) is 14.5. The lowest BCUT2D eigenvalue weighted by Gasteiger charge is -1.98. The van der Waals surface area contributed by atoms with E-state index in [1.807, 2.05) is 24.3 Å². The van der Waals surface area contributed by atoms with Crippen molar-refractivity contribution in [2.75, 3.05) is 0 Å². The number of nitrogens with one attached hydrogen (secondary N) is 1. The van der Waals surface area contributed by atoms with E-state index in [2.05, 4.69) is 10.2 Å². The topological polar surface area (TPSA) is 92.1 Å². The lowest BCUT2D eigenvalue weighted by atomic mass is 10.1. The van der Waals surface area contributed by atoms with Crippen LogP contribution in [-0.2, 0) is 0 Å². The molecule has 0 unspecified atom stereocenters. The van der Waals surface area contributed by atoms with Crippen molar-refractivity contribution in [3.63, 3.8) is 0 Å². The summed E-state index contributed by atoms with van der Waals surface area (Å²) in [6.45, 7) is 0. The minimum Gasteiger partial charge on any atom is -0.507 e. The van der Waals surface area contributed by atoms with E-state index in [1.165, 1.54) is 12.1 Å². The van der Waals surface area contributed by atoms with Crippen molar-refractivity contribution in [1.82, 2.24) is 10.2 Å². The highest BCUT2D eigenvalue weighted by molar-refractivity contribution is 5.73. The van der Waals surface area contributed by atoms with Crippen LogP contribution in [0, 0.1) is 10.1 Å². The number of hydrogen-bond donors (Lipinski definition) is 2. The van der Waals surface area contributed by atoms with E-state index in [0.717, 1.165) is 11.3 Å². The lowest BCUT2D eigenvalue weighted by Crippen LogP contribution is -1.86. The summed E-state index contributed by atoms with van der Waals surface area (Å²) in [5, 5.41) is 27.5. The van der Waals surface area contributed by atoms with E-state index in [9.17, 15) is 15.2 Å². The van der Waals surface area contributed by atoms with Crippen LogP contribution >= 0.6 is 0 Å². The van der Waals surface area contributed by atoms with Crippen molar-refractivity contribution in [3.8, 4) is 17.0 Å². The van der Waals surface area contributed by atoms with Gasteiger partial charge in [0.1, 0.15) is 5.75 Å². The lowest BCUT2D eigenvalue weighted by molar-refractivity contribution is -0.384. The standard InChI is InChI=1S/C17H13N3O3/c21-17-4-2-1-3-15(17)16-11-13(18-19-16)8-5-12-6-9-14(10-7-12)20(22)23/h1-11,21H,(H,18,19). The molecule has 0 radical (unpaired) electrons. The highest BCUT2D eigenvalue weighted by Gasteiger charge is 2.06. The van der Waals surface area contributed by atoms with Crippen molar-refractivity contribution in [1.29, 1.82) is 0 Å². The average Bonchev–Trinajstić information content (AvgIpc) is 3.02. The number of nitro groups is 1. The molecule has 0 fully saturated rings. The molecule has 114 valence electrons. The zero-order chi connectivity index (χ0) is 16.2. The highest BCUT2D eigenvalue weighted by Crippen LogP contribution is 2.27. The molecule has 3 aromatic rings. The number of aromatic amines is 1. The predicted molar refractivity (Wildman–Crippen MR) is 87.7 cm³/mol. The van der Waals surface area contributed by atoms with Crippen LogP contribution < -0.4 is 0 Å². The SMILES string of the molecule is O=[N+]([O-])c1ccc(C=Cc2cc(-c3ccccc3O)n[nH]2)cc1. The normalized spacial score (nSPS) is 11.0. The minimum atomic E-state index is -0.430. The second-order valence-corrected chi connectivity index (χ2v) is 4.91. The fourth-order valence-corrected chi connectivity index (χ4v) is 2.14. The molecule has 3 rings (SSSR count). The average molecular weight is 307 g/mol. The van der Waals surface area contributed by atoms with Gasteiger partial charge in [0.15, 0.2) is 0 Å². The van der Waals surface area contributed by atoms with Crippen LogP contribution in [0.5, 0.6) is 5.75 Å². The maximum Gasteiger partial charge on any atom is 0.269 e. The summed E-state index contributed by atoms with van der Waals surface area (Å²) in [4.78, 5) is 10.2. The number of aromatic hydroxyl groups is 1. The first-order valence-electron chi connectivity index (χ1n) is 6.90. The van der Waals surface area contributed by atoms with Crippen LogP contribution in [0.1, 0.15) is 11.3 Å². The molecule has 2 aromatic carbocycles. The summed E-state index contributed by atoms with van der Waals surface area (Å²) in [6.07, 6.45) is 3.64. The molecule has 0 saturated heterocycles. The molecule has 1 aromatic heterocycles.